The topological polar surface area (TPSA) is 86.8 Å². The molecule has 0 aliphatic carbocycles. The maximum absolute atomic E-state index is 13.2. The molecule has 1 aromatic heterocycles. The summed E-state index contributed by atoms with van der Waals surface area (Å²) in [6.45, 7) is 6.88. The van der Waals surface area contributed by atoms with E-state index in [0.29, 0.717) is 53.7 Å². The van der Waals surface area contributed by atoms with Gasteiger partial charge in [0.25, 0.3) is 10.0 Å². The molecule has 1 N–H and O–H groups in total. The van der Waals surface area contributed by atoms with Gasteiger partial charge < -0.3 is 14.2 Å². The molecular weight excluding hydrogens is 392 g/mol. The molecule has 154 valence electrons. The highest BCUT2D eigenvalue weighted by Gasteiger charge is 2.22. The molecule has 0 saturated heterocycles. The number of anilines is 1. The van der Waals surface area contributed by atoms with Crippen molar-refractivity contribution in [3.63, 3.8) is 0 Å². The van der Waals surface area contributed by atoms with Crippen LogP contribution in [0.1, 0.15) is 20.8 Å². The van der Waals surface area contributed by atoms with Crippen LogP contribution >= 0.6 is 0 Å². The zero-order valence-corrected chi connectivity index (χ0v) is 17.5. The van der Waals surface area contributed by atoms with E-state index in [-0.39, 0.29) is 4.90 Å². The summed E-state index contributed by atoms with van der Waals surface area (Å²) in [7, 11) is -3.93. The number of benzene rings is 2. The first-order chi connectivity index (χ1) is 14.0. The Morgan fingerprint density at radius 3 is 2.31 bits per heavy atom. The fourth-order valence-corrected chi connectivity index (χ4v) is 4.21. The van der Waals surface area contributed by atoms with Gasteiger partial charge in [-0.25, -0.2) is 8.42 Å². The van der Waals surface area contributed by atoms with E-state index in [1.54, 1.807) is 42.6 Å². The lowest BCUT2D eigenvalue weighted by atomic mass is 10.2. The van der Waals surface area contributed by atoms with Gasteiger partial charge in [-0.05, 0) is 57.2 Å². The lowest BCUT2D eigenvalue weighted by Crippen LogP contribution is -2.15. The number of rotatable bonds is 9. The maximum atomic E-state index is 13.2. The summed E-state index contributed by atoms with van der Waals surface area (Å²) in [5.74, 6) is 1.51. The highest BCUT2D eigenvalue weighted by molar-refractivity contribution is 7.93. The van der Waals surface area contributed by atoms with Crippen LogP contribution in [-0.2, 0) is 10.0 Å². The van der Waals surface area contributed by atoms with Gasteiger partial charge in [-0.1, -0.05) is 0 Å². The van der Waals surface area contributed by atoms with Gasteiger partial charge in [-0.2, -0.15) is 0 Å². The zero-order valence-electron chi connectivity index (χ0n) is 16.6. The van der Waals surface area contributed by atoms with Crippen molar-refractivity contribution in [1.82, 2.24) is 4.98 Å². The van der Waals surface area contributed by atoms with Crippen LogP contribution in [0, 0.1) is 0 Å². The lowest BCUT2D eigenvalue weighted by molar-refractivity contribution is 0.332. The Bertz CT molecular complexity index is 1100. The molecule has 3 rings (SSSR count). The fourth-order valence-electron chi connectivity index (χ4n) is 2.95. The van der Waals surface area contributed by atoms with E-state index in [4.69, 9.17) is 14.2 Å². The molecule has 3 aromatic rings. The zero-order chi connectivity index (χ0) is 20.9. The molecule has 29 heavy (non-hydrogen) atoms. The normalized spacial score (nSPS) is 11.3. The Kier molecular flexibility index (Phi) is 6.43. The third kappa shape index (κ3) is 4.54. The van der Waals surface area contributed by atoms with Crippen molar-refractivity contribution in [3.8, 4) is 17.2 Å². The van der Waals surface area contributed by atoms with Crippen LogP contribution < -0.4 is 18.9 Å². The first-order valence-corrected chi connectivity index (χ1v) is 10.9. The molecule has 0 radical (unpaired) electrons. The molecule has 0 saturated carbocycles. The summed E-state index contributed by atoms with van der Waals surface area (Å²) in [5, 5.41) is 0.477. The molecule has 0 fully saturated rings. The summed E-state index contributed by atoms with van der Waals surface area (Å²) in [4.78, 5) is 4.41. The summed E-state index contributed by atoms with van der Waals surface area (Å²) >= 11 is 0. The quantitative estimate of drug-likeness (QED) is 0.562. The predicted molar refractivity (Wildman–Crippen MR) is 113 cm³/mol. The van der Waals surface area contributed by atoms with Gasteiger partial charge in [0.15, 0.2) is 0 Å². The van der Waals surface area contributed by atoms with Crippen LogP contribution in [0.4, 0.5) is 5.69 Å². The Morgan fingerprint density at radius 2 is 1.59 bits per heavy atom. The molecule has 0 aliphatic rings. The van der Waals surface area contributed by atoms with Gasteiger partial charge >= 0.3 is 0 Å². The molecule has 7 nitrogen and oxygen atoms in total. The molecule has 0 spiro atoms. The molecule has 0 atom stereocenters. The van der Waals surface area contributed by atoms with Crippen LogP contribution in [0.25, 0.3) is 10.9 Å². The Morgan fingerprint density at radius 1 is 0.897 bits per heavy atom. The van der Waals surface area contributed by atoms with E-state index in [1.807, 2.05) is 20.8 Å². The standard InChI is InChI=1S/C21H24N2O5S/c1-4-26-15-9-10-18(27-5-2)17(14-15)23-29(24,25)20-12-11-19(28-6-3)21-16(20)8-7-13-22-21/h7-14,23H,4-6H2,1-3H3. The summed E-state index contributed by atoms with van der Waals surface area (Å²) < 4.78 is 45.8. The Balaban J connectivity index is 2.07. The first kappa shape index (κ1) is 20.7. The fraction of sp³-hybridized carbons (Fsp3) is 0.286. The van der Waals surface area contributed by atoms with Crippen LogP contribution in [-0.4, -0.2) is 33.2 Å². The maximum Gasteiger partial charge on any atom is 0.262 e. The molecule has 0 aliphatic heterocycles. The molecule has 2 aromatic carbocycles. The second kappa shape index (κ2) is 9.00. The number of ether oxygens (including phenoxy) is 3. The monoisotopic (exact) mass is 416 g/mol. The average Bonchev–Trinajstić information content (AvgIpc) is 2.70. The van der Waals surface area contributed by atoms with Gasteiger partial charge in [0.1, 0.15) is 22.8 Å². The minimum absolute atomic E-state index is 0.105. The minimum atomic E-state index is -3.93. The van der Waals surface area contributed by atoms with Crippen molar-refractivity contribution in [3.05, 3.63) is 48.7 Å². The van der Waals surface area contributed by atoms with Gasteiger partial charge in [0.05, 0.1) is 30.4 Å². The third-order valence-corrected chi connectivity index (χ3v) is 5.51. The average molecular weight is 416 g/mol. The Hall–Kier alpha value is -3.00. The van der Waals surface area contributed by atoms with Crippen molar-refractivity contribution < 1.29 is 22.6 Å². The summed E-state index contributed by atoms with van der Waals surface area (Å²) in [6, 6.07) is 11.6. The van der Waals surface area contributed by atoms with Crippen molar-refractivity contribution in [2.45, 2.75) is 25.7 Å². The van der Waals surface area contributed by atoms with Crippen LogP contribution in [0.2, 0.25) is 0 Å². The number of hydrogen-bond acceptors (Lipinski definition) is 6. The van der Waals surface area contributed by atoms with E-state index in [0.717, 1.165) is 0 Å². The highest BCUT2D eigenvalue weighted by Crippen LogP contribution is 2.34. The summed E-state index contributed by atoms with van der Waals surface area (Å²) in [6.07, 6.45) is 1.60. The molecule has 8 heteroatoms. The van der Waals surface area contributed by atoms with E-state index in [9.17, 15) is 8.42 Å². The Labute approximate surface area is 170 Å². The number of nitrogens with zero attached hydrogens (tertiary/aromatic N) is 1. The van der Waals surface area contributed by atoms with E-state index >= 15 is 0 Å². The number of nitrogens with one attached hydrogen (secondary N) is 1. The van der Waals surface area contributed by atoms with E-state index in [2.05, 4.69) is 9.71 Å². The number of aromatic nitrogens is 1. The van der Waals surface area contributed by atoms with Crippen LogP contribution in [0.5, 0.6) is 17.2 Å². The van der Waals surface area contributed by atoms with Crippen molar-refractivity contribution in [1.29, 1.82) is 0 Å². The lowest BCUT2D eigenvalue weighted by Gasteiger charge is -2.16. The van der Waals surface area contributed by atoms with Crippen LogP contribution in [0.3, 0.4) is 0 Å². The number of fused-ring (bicyclic) bond motifs is 1. The van der Waals surface area contributed by atoms with E-state index < -0.39 is 10.0 Å². The van der Waals surface area contributed by atoms with Crippen molar-refractivity contribution in [2.24, 2.45) is 0 Å². The summed E-state index contributed by atoms with van der Waals surface area (Å²) in [5.41, 5.74) is 0.800. The first-order valence-electron chi connectivity index (χ1n) is 9.43. The largest absolute Gasteiger partial charge is 0.494 e. The predicted octanol–water partition coefficient (Wildman–Crippen LogP) is 4.23. The SMILES string of the molecule is CCOc1ccc(OCC)c(NS(=O)(=O)c2ccc(OCC)c3ncccc23)c1. The van der Waals surface area contributed by atoms with Crippen molar-refractivity contribution >= 4 is 26.6 Å². The van der Waals surface area contributed by atoms with E-state index in [1.165, 1.54) is 6.07 Å². The van der Waals surface area contributed by atoms with Gasteiger partial charge in [0, 0.05) is 17.6 Å². The minimum Gasteiger partial charge on any atom is -0.494 e. The molecule has 0 bridgehead atoms. The van der Waals surface area contributed by atoms with Crippen molar-refractivity contribution in [2.75, 3.05) is 24.5 Å². The number of hydrogen-bond donors (Lipinski definition) is 1. The second-order valence-corrected chi connectivity index (χ2v) is 7.67. The highest BCUT2D eigenvalue weighted by atomic mass is 32.2. The van der Waals surface area contributed by atoms with Gasteiger partial charge in [-0.15, -0.1) is 0 Å². The molecule has 0 unspecified atom stereocenters. The van der Waals surface area contributed by atoms with Gasteiger partial charge in [0.2, 0.25) is 0 Å². The molecule has 0 amide bonds. The number of pyridine rings is 1. The molecule has 1 heterocycles. The molecular formula is C21H24N2O5S. The smallest absolute Gasteiger partial charge is 0.262 e. The number of sulfonamides is 1. The van der Waals surface area contributed by atoms with Gasteiger partial charge in [-0.3, -0.25) is 9.71 Å². The third-order valence-electron chi connectivity index (χ3n) is 4.09. The van der Waals surface area contributed by atoms with Crippen LogP contribution in [0.15, 0.2) is 53.6 Å². The second-order valence-electron chi connectivity index (χ2n) is 6.02.